The molecule has 0 aliphatic rings. The third kappa shape index (κ3) is 3.82. The minimum absolute atomic E-state index is 0.133. The second kappa shape index (κ2) is 5.97. The quantitative estimate of drug-likeness (QED) is 0.827. The van der Waals surface area contributed by atoms with E-state index in [0.717, 1.165) is 5.56 Å². The summed E-state index contributed by atoms with van der Waals surface area (Å²) in [4.78, 5) is 11.8. The van der Waals surface area contributed by atoms with Crippen molar-refractivity contribution in [3.05, 3.63) is 35.9 Å². The lowest BCUT2D eigenvalue weighted by atomic mass is 9.95. The zero-order chi connectivity index (χ0) is 13.8. The van der Waals surface area contributed by atoms with Crippen LogP contribution >= 0.6 is 0 Å². The Bertz CT molecular complexity index is 499. The smallest absolute Gasteiger partial charge is 0.238 e. The Morgan fingerprint density at radius 2 is 1.89 bits per heavy atom. The number of nitrogens with one attached hydrogen (secondary N) is 1. The zero-order valence-corrected chi connectivity index (χ0v) is 11.3. The van der Waals surface area contributed by atoms with Crippen molar-refractivity contribution < 1.29 is 13.2 Å². The first-order valence-electron chi connectivity index (χ1n) is 5.72. The first-order chi connectivity index (χ1) is 8.37. The largest absolute Gasteiger partial charge is 0.323 e. The first kappa shape index (κ1) is 14.7. The molecule has 0 spiro atoms. The highest BCUT2D eigenvalue weighted by molar-refractivity contribution is 7.90. The summed E-state index contributed by atoms with van der Waals surface area (Å²) in [6, 6.07) is 8.58. The van der Waals surface area contributed by atoms with E-state index < -0.39 is 27.9 Å². The maximum atomic E-state index is 11.8. The van der Waals surface area contributed by atoms with Gasteiger partial charge in [-0.3, -0.25) is 9.52 Å². The van der Waals surface area contributed by atoms with Gasteiger partial charge in [0.1, 0.15) is 0 Å². The van der Waals surface area contributed by atoms with Crippen molar-refractivity contribution in [2.75, 3.05) is 5.75 Å². The standard InChI is InChI=1S/C12H18N2O3S/c1-3-18(16,17)14-12(15)9(2)11(13)10-7-5-4-6-8-10/h4-9,11H,3,13H2,1-2H3,(H,14,15). The SMILES string of the molecule is CCS(=O)(=O)NC(=O)C(C)C(N)c1ccccc1. The molecule has 6 heteroatoms. The summed E-state index contributed by atoms with van der Waals surface area (Å²) in [6.45, 7) is 3.08. The average molecular weight is 270 g/mol. The molecule has 0 aromatic heterocycles. The van der Waals surface area contributed by atoms with Gasteiger partial charge in [0.05, 0.1) is 11.7 Å². The Balaban J connectivity index is 2.76. The van der Waals surface area contributed by atoms with E-state index in [1.54, 1.807) is 6.92 Å². The van der Waals surface area contributed by atoms with Crippen LogP contribution in [-0.4, -0.2) is 20.1 Å². The van der Waals surface area contributed by atoms with E-state index in [1.165, 1.54) is 6.92 Å². The highest BCUT2D eigenvalue weighted by Gasteiger charge is 2.24. The zero-order valence-electron chi connectivity index (χ0n) is 10.5. The molecule has 3 N–H and O–H groups in total. The fourth-order valence-electron chi connectivity index (χ4n) is 1.45. The van der Waals surface area contributed by atoms with Crippen LogP contribution in [0.15, 0.2) is 30.3 Å². The van der Waals surface area contributed by atoms with Crippen LogP contribution in [0.5, 0.6) is 0 Å². The van der Waals surface area contributed by atoms with Crippen molar-refractivity contribution in [2.45, 2.75) is 19.9 Å². The first-order valence-corrected chi connectivity index (χ1v) is 7.37. The number of sulfonamides is 1. The van der Waals surface area contributed by atoms with E-state index in [2.05, 4.69) is 0 Å². The van der Waals surface area contributed by atoms with Crippen LogP contribution in [0.25, 0.3) is 0 Å². The number of benzene rings is 1. The second-order valence-electron chi connectivity index (χ2n) is 4.09. The van der Waals surface area contributed by atoms with Crippen molar-refractivity contribution in [3.63, 3.8) is 0 Å². The number of carbonyl (C=O) groups is 1. The summed E-state index contributed by atoms with van der Waals surface area (Å²) >= 11 is 0. The lowest BCUT2D eigenvalue weighted by molar-refractivity contribution is -0.123. The van der Waals surface area contributed by atoms with E-state index in [9.17, 15) is 13.2 Å². The Kier molecular flexibility index (Phi) is 4.86. The van der Waals surface area contributed by atoms with Crippen molar-refractivity contribution in [1.82, 2.24) is 4.72 Å². The topological polar surface area (TPSA) is 89.3 Å². The molecular formula is C12H18N2O3S. The molecule has 0 aliphatic heterocycles. The molecule has 0 fully saturated rings. The Morgan fingerprint density at radius 3 is 2.39 bits per heavy atom. The lowest BCUT2D eigenvalue weighted by Gasteiger charge is -2.19. The molecule has 100 valence electrons. The predicted molar refractivity (Wildman–Crippen MR) is 70.1 cm³/mol. The molecule has 1 aromatic rings. The number of amides is 1. The minimum atomic E-state index is -3.53. The molecule has 0 heterocycles. The number of hydrogen-bond acceptors (Lipinski definition) is 4. The highest BCUT2D eigenvalue weighted by Crippen LogP contribution is 2.19. The molecule has 2 atom stereocenters. The Labute approximate surface area is 107 Å². The Morgan fingerprint density at radius 1 is 1.33 bits per heavy atom. The van der Waals surface area contributed by atoms with Crippen molar-refractivity contribution in [1.29, 1.82) is 0 Å². The summed E-state index contributed by atoms with van der Waals surface area (Å²) in [6.07, 6.45) is 0. The van der Waals surface area contributed by atoms with Gasteiger partial charge in [-0.15, -0.1) is 0 Å². The van der Waals surface area contributed by atoms with Crippen LogP contribution in [-0.2, 0) is 14.8 Å². The molecule has 0 bridgehead atoms. The molecule has 1 rings (SSSR count). The summed E-state index contributed by atoms with van der Waals surface area (Å²) in [5.74, 6) is -1.33. The fourth-order valence-corrected chi connectivity index (χ4v) is 2.08. The molecule has 0 saturated carbocycles. The summed E-state index contributed by atoms with van der Waals surface area (Å²) in [7, 11) is -3.53. The lowest BCUT2D eigenvalue weighted by Crippen LogP contribution is -2.39. The van der Waals surface area contributed by atoms with Crippen LogP contribution in [0.3, 0.4) is 0 Å². The number of rotatable bonds is 5. The van der Waals surface area contributed by atoms with Crippen LogP contribution in [0.1, 0.15) is 25.5 Å². The summed E-state index contributed by atoms with van der Waals surface area (Å²) in [5.41, 5.74) is 6.74. The van der Waals surface area contributed by atoms with E-state index >= 15 is 0 Å². The monoisotopic (exact) mass is 270 g/mol. The van der Waals surface area contributed by atoms with Gasteiger partial charge >= 0.3 is 0 Å². The molecule has 1 amide bonds. The normalized spacial score (nSPS) is 14.8. The van der Waals surface area contributed by atoms with Gasteiger partial charge in [-0.25, -0.2) is 8.42 Å². The van der Waals surface area contributed by atoms with Crippen LogP contribution < -0.4 is 10.5 Å². The van der Waals surface area contributed by atoms with Gasteiger partial charge in [-0.1, -0.05) is 37.3 Å². The molecule has 0 aliphatic carbocycles. The van der Waals surface area contributed by atoms with E-state index in [1.807, 2.05) is 35.1 Å². The molecule has 18 heavy (non-hydrogen) atoms. The third-order valence-corrected chi connectivity index (χ3v) is 4.05. The maximum Gasteiger partial charge on any atom is 0.238 e. The number of nitrogens with two attached hydrogens (primary N) is 1. The van der Waals surface area contributed by atoms with Crippen LogP contribution in [0, 0.1) is 5.92 Å². The molecule has 2 unspecified atom stereocenters. The summed E-state index contributed by atoms with van der Waals surface area (Å²) in [5, 5.41) is 0. The molecule has 5 nitrogen and oxygen atoms in total. The minimum Gasteiger partial charge on any atom is -0.323 e. The molecule has 0 radical (unpaired) electrons. The predicted octanol–water partition coefficient (Wildman–Crippen LogP) is 0.788. The van der Waals surface area contributed by atoms with Gasteiger partial charge in [0.25, 0.3) is 0 Å². The van der Waals surface area contributed by atoms with Gasteiger partial charge in [-0.2, -0.15) is 0 Å². The van der Waals surface area contributed by atoms with Crippen molar-refractivity contribution >= 4 is 15.9 Å². The van der Waals surface area contributed by atoms with Crippen molar-refractivity contribution in [2.24, 2.45) is 11.7 Å². The molecular weight excluding hydrogens is 252 g/mol. The Hall–Kier alpha value is -1.40. The van der Waals surface area contributed by atoms with Gasteiger partial charge < -0.3 is 5.73 Å². The van der Waals surface area contributed by atoms with Gasteiger partial charge in [0.15, 0.2) is 0 Å². The van der Waals surface area contributed by atoms with Gasteiger partial charge in [0.2, 0.25) is 15.9 Å². The van der Waals surface area contributed by atoms with E-state index in [0.29, 0.717) is 0 Å². The average Bonchev–Trinajstić information content (AvgIpc) is 2.37. The van der Waals surface area contributed by atoms with Crippen LogP contribution in [0.4, 0.5) is 0 Å². The maximum absolute atomic E-state index is 11.8. The number of carbonyl (C=O) groups excluding carboxylic acids is 1. The van der Waals surface area contributed by atoms with Gasteiger partial charge in [-0.05, 0) is 12.5 Å². The molecule has 1 aromatic carbocycles. The fraction of sp³-hybridized carbons (Fsp3) is 0.417. The van der Waals surface area contributed by atoms with Crippen LogP contribution in [0.2, 0.25) is 0 Å². The van der Waals surface area contributed by atoms with Gasteiger partial charge in [0, 0.05) is 6.04 Å². The van der Waals surface area contributed by atoms with E-state index in [-0.39, 0.29) is 5.75 Å². The molecule has 0 saturated heterocycles. The van der Waals surface area contributed by atoms with E-state index in [4.69, 9.17) is 5.73 Å². The highest BCUT2D eigenvalue weighted by atomic mass is 32.2. The second-order valence-corrected chi connectivity index (χ2v) is 6.11. The van der Waals surface area contributed by atoms with Crippen molar-refractivity contribution in [3.8, 4) is 0 Å². The third-order valence-electron chi connectivity index (χ3n) is 2.77. The number of hydrogen-bond donors (Lipinski definition) is 2. The summed E-state index contributed by atoms with van der Waals surface area (Å²) < 4.78 is 24.6.